The number of rotatable bonds is 7. The minimum Gasteiger partial charge on any atom is -0.311 e. The summed E-state index contributed by atoms with van der Waals surface area (Å²) in [6, 6.07) is 7.31. The number of nitrogens with one attached hydrogen (secondary N) is 1. The lowest BCUT2D eigenvalue weighted by Gasteiger charge is -2.24. The summed E-state index contributed by atoms with van der Waals surface area (Å²) < 4.78 is 24.8. The molecule has 0 saturated heterocycles. The Hall–Kier alpha value is -1.00. The second-order valence-electron chi connectivity index (χ2n) is 5.64. The molecule has 0 bridgehead atoms. The highest BCUT2D eigenvalue weighted by Crippen LogP contribution is 2.22. The minimum atomic E-state index is -2.38. The molecule has 1 fully saturated rings. The number of benzene rings is 1. The van der Waals surface area contributed by atoms with Gasteiger partial charge in [0.15, 0.2) is 0 Å². The molecule has 2 nitrogen and oxygen atoms in total. The molecule has 1 saturated carbocycles. The first-order valence-corrected chi connectivity index (χ1v) is 7.45. The molecule has 0 aliphatic heterocycles. The largest absolute Gasteiger partial charge is 0.311 e. The van der Waals surface area contributed by atoms with E-state index in [1.165, 1.54) is 37.8 Å². The van der Waals surface area contributed by atoms with Crippen LogP contribution in [-0.4, -0.2) is 31.1 Å². The van der Waals surface area contributed by atoms with Gasteiger partial charge in [-0.1, -0.05) is 37.1 Å². The first-order valence-electron chi connectivity index (χ1n) is 7.45. The zero-order valence-corrected chi connectivity index (χ0v) is 12.1. The van der Waals surface area contributed by atoms with Crippen LogP contribution in [0.25, 0.3) is 0 Å². The molecule has 20 heavy (non-hydrogen) atoms. The fourth-order valence-corrected chi connectivity index (χ4v) is 2.80. The number of halogens is 2. The van der Waals surface area contributed by atoms with Crippen LogP contribution >= 0.6 is 0 Å². The summed E-state index contributed by atoms with van der Waals surface area (Å²) in [6.07, 6.45) is 2.99. The average molecular weight is 282 g/mol. The van der Waals surface area contributed by atoms with Crippen molar-refractivity contribution in [2.24, 2.45) is 0 Å². The molecular formula is C16H24F2N2. The third-order valence-corrected chi connectivity index (χ3v) is 4.15. The van der Waals surface area contributed by atoms with E-state index in [4.69, 9.17) is 0 Å². The van der Waals surface area contributed by atoms with Crippen molar-refractivity contribution in [1.82, 2.24) is 10.2 Å². The number of hydrogen-bond donors (Lipinski definition) is 1. The second-order valence-corrected chi connectivity index (χ2v) is 5.64. The fraction of sp³-hybridized carbons (Fsp3) is 0.625. The Balaban J connectivity index is 1.65. The third-order valence-electron chi connectivity index (χ3n) is 4.15. The van der Waals surface area contributed by atoms with Gasteiger partial charge < -0.3 is 10.2 Å². The molecule has 0 amide bonds. The lowest BCUT2D eigenvalue weighted by Crippen LogP contribution is -2.35. The Kier molecular flexibility index (Phi) is 5.92. The van der Waals surface area contributed by atoms with E-state index >= 15 is 0 Å². The van der Waals surface area contributed by atoms with E-state index < -0.39 is 6.43 Å². The average Bonchev–Trinajstić information content (AvgIpc) is 2.98. The smallest absolute Gasteiger partial charge is 0.263 e. The fourth-order valence-electron chi connectivity index (χ4n) is 2.80. The van der Waals surface area contributed by atoms with Gasteiger partial charge in [-0.3, -0.25) is 0 Å². The molecule has 0 spiro atoms. The highest BCUT2D eigenvalue weighted by atomic mass is 19.3. The first kappa shape index (κ1) is 15.4. The summed E-state index contributed by atoms with van der Waals surface area (Å²) in [5, 5.41) is 3.38. The lowest BCUT2D eigenvalue weighted by atomic mass is 10.1. The van der Waals surface area contributed by atoms with E-state index in [9.17, 15) is 8.78 Å². The van der Waals surface area contributed by atoms with E-state index in [1.54, 1.807) is 12.1 Å². The summed E-state index contributed by atoms with van der Waals surface area (Å²) in [4.78, 5) is 2.43. The predicted octanol–water partition coefficient (Wildman–Crippen LogP) is 3.59. The monoisotopic (exact) mass is 282 g/mol. The molecule has 112 valence electrons. The molecule has 1 aromatic rings. The lowest BCUT2D eigenvalue weighted by molar-refractivity contribution is 0.151. The van der Waals surface area contributed by atoms with Gasteiger partial charge in [0.05, 0.1) is 0 Å². The number of hydrogen-bond acceptors (Lipinski definition) is 2. The van der Waals surface area contributed by atoms with Crippen LogP contribution in [0.2, 0.25) is 0 Å². The highest BCUT2D eigenvalue weighted by molar-refractivity contribution is 5.23. The Morgan fingerprint density at radius 2 is 1.85 bits per heavy atom. The second kappa shape index (κ2) is 7.70. The number of alkyl halides is 2. The molecule has 0 aromatic heterocycles. The Bertz CT molecular complexity index is 386. The summed E-state index contributed by atoms with van der Waals surface area (Å²) in [7, 11) is 2.19. The van der Waals surface area contributed by atoms with Gasteiger partial charge in [0.2, 0.25) is 0 Å². The zero-order chi connectivity index (χ0) is 14.4. The van der Waals surface area contributed by atoms with Crippen molar-refractivity contribution in [1.29, 1.82) is 0 Å². The predicted molar refractivity (Wildman–Crippen MR) is 78.0 cm³/mol. The third kappa shape index (κ3) is 4.53. The van der Waals surface area contributed by atoms with Crippen molar-refractivity contribution in [3.8, 4) is 0 Å². The molecule has 0 heterocycles. The SMILES string of the molecule is CN(CCNCc1ccc(C(F)F)cc1)C1CCCC1. The van der Waals surface area contributed by atoms with E-state index in [0.29, 0.717) is 0 Å². The highest BCUT2D eigenvalue weighted by Gasteiger charge is 2.18. The van der Waals surface area contributed by atoms with Crippen LogP contribution < -0.4 is 5.32 Å². The summed E-state index contributed by atoms with van der Waals surface area (Å²) in [6.45, 7) is 2.71. The summed E-state index contributed by atoms with van der Waals surface area (Å²) in [5.74, 6) is 0. The van der Waals surface area contributed by atoms with E-state index in [0.717, 1.165) is 31.2 Å². The van der Waals surface area contributed by atoms with Gasteiger partial charge in [-0.05, 0) is 25.5 Å². The van der Waals surface area contributed by atoms with Crippen molar-refractivity contribution < 1.29 is 8.78 Å². The Morgan fingerprint density at radius 3 is 2.45 bits per heavy atom. The maximum atomic E-state index is 12.4. The molecule has 1 N–H and O–H groups in total. The van der Waals surface area contributed by atoms with Gasteiger partial charge in [-0.25, -0.2) is 8.78 Å². The van der Waals surface area contributed by atoms with Crippen LogP contribution in [0.4, 0.5) is 8.78 Å². The van der Waals surface area contributed by atoms with Crippen LogP contribution in [0.5, 0.6) is 0 Å². The van der Waals surface area contributed by atoms with Crippen LogP contribution in [0.1, 0.15) is 43.2 Å². The Labute approximate surface area is 120 Å². The number of likely N-dealkylation sites (N-methyl/N-ethyl adjacent to an activating group) is 1. The Morgan fingerprint density at radius 1 is 1.20 bits per heavy atom. The molecule has 1 aromatic carbocycles. The summed E-state index contributed by atoms with van der Waals surface area (Å²) >= 11 is 0. The molecule has 1 aliphatic rings. The van der Waals surface area contributed by atoms with Gasteiger partial charge in [0.1, 0.15) is 0 Å². The standard InChI is InChI=1S/C16H24F2N2/c1-20(15-4-2-3-5-15)11-10-19-12-13-6-8-14(9-7-13)16(17)18/h6-9,15-16,19H,2-5,10-12H2,1H3. The van der Waals surface area contributed by atoms with Crippen LogP contribution in [0.15, 0.2) is 24.3 Å². The first-order chi connectivity index (χ1) is 9.66. The molecular weight excluding hydrogens is 258 g/mol. The summed E-state index contributed by atoms with van der Waals surface area (Å²) in [5.41, 5.74) is 1.15. The van der Waals surface area contributed by atoms with E-state index in [2.05, 4.69) is 17.3 Å². The maximum absolute atomic E-state index is 12.4. The zero-order valence-electron chi connectivity index (χ0n) is 12.1. The van der Waals surface area contributed by atoms with Crippen LogP contribution in [0, 0.1) is 0 Å². The van der Waals surface area contributed by atoms with Crippen LogP contribution in [-0.2, 0) is 6.54 Å². The molecule has 4 heteroatoms. The van der Waals surface area contributed by atoms with Crippen LogP contribution in [0.3, 0.4) is 0 Å². The van der Waals surface area contributed by atoms with Gasteiger partial charge in [-0.15, -0.1) is 0 Å². The van der Waals surface area contributed by atoms with E-state index in [-0.39, 0.29) is 5.56 Å². The maximum Gasteiger partial charge on any atom is 0.263 e. The molecule has 0 atom stereocenters. The minimum absolute atomic E-state index is 0.0923. The quantitative estimate of drug-likeness (QED) is 0.769. The van der Waals surface area contributed by atoms with Crippen molar-refractivity contribution >= 4 is 0 Å². The van der Waals surface area contributed by atoms with Crippen molar-refractivity contribution in [2.75, 3.05) is 20.1 Å². The van der Waals surface area contributed by atoms with Gasteiger partial charge >= 0.3 is 0 Å². The molecule has 1 aliphatic carbocycles. The van der Waals surface area contributed by atoms with Crippen molar-refractivity contribution in [3.63, 3.8) is 0 Å². The van der Waals surface area contributed by atoms with Gasteiger partial charge in [0.25, 0.3) is 6.43 Å². The topological polar surface area (TPSA) is 15.3 Å². The molecule has 2 rings (SSSR count). The van der Waals surface area contributed by atoms with Crippen molar-refractivity contribution in [2.45, 2.75) is 44.7 Å². The van der Waals surface area contributed by atoms with E-state index in [1.807, 2.05) is 0 Å². The van der Waals surface area contributed by atoms with Gasteiger partial charge in [-0.2, -0.15) is 0 Å². The molecule has 0 unspecified atom stereocenters. The van der Waals surface area contributed by atoms with Gasteiger partial charge in [0, 0.05) is 31.2 Å². The number of nitrogens with zero attached hydrogens (tertiary/aromatic N) is 1. The molecule has 0 radical (unpaired) electrons. The normalized spacial score (nSPS) is 16.4. The van der Waals surface area contributed by atoms with Crippen molar-refractivity contribution in [3.05, 3.63) is 35.4 Å².